The number of likely N-dealkylation sites (N-methyl/N-ethyl adjacent to an activating group) is 1. The first-order chi connectivity index (χ1) is 8.19. The van der Waals surface area contributed by atoms with Crippen molar-refractivity contribution in [3.05, 3.63) is 29.8 Å². The average molecular weight is 235 g/mol. The number of aromatic carboxylic acids is 1. The fraction of sp³-hybridized carbons (Fsp3) is 0.462. The molecular weight excluding hydrogens is 218 g/mol. The molecule has 1 unspecified atom stereocenters. The molecule has 0 spiro atoms. The molecule has 0 bridgehead atoms. The molecule has 1 fully saturated rings. The van der Waals surface area contributed by atoms with E-state index in [1.54, 1.807) is 24.3 Å². The molecule has 4 heteroatoms. The zero-order valence-electron chi connectivity index (χ0n) is 9.93. The van der Waals surface area contributed by atoms with Crippen molar-refractivity contribution in [2.45, 2.75) is 19.4 Å². The summed E-state index contributed by atoms with van der Waals surface area (Å²) in [7, 11) is 0. The monoisotopic (exact) mass is 235 g/mol. The number of benzene rings is 1. The van der Waals surface area contributed by atoms with Gasteiger partial charge in [-0.25, -0.2) is 4.79 Å². The Balaban J connectivity index is 1.93. The van der Waals surface area contributed by atoms with Crippen LogP contribution < -0.4 is 4.74 Å². The molecule has 0 aromatic heterocycles. The van der Waals surface area contributed by atoms with Crippen molar-refractivity contribution in [2.75, 3.05) is 19.6 Å². The molecule has 1 aromatic carbocycles. The molecular formula is C13H17NO3. The SMILES string of the molecule is CCN1CCC(Oc2ccc(C(=O)O)cc2)C1. The summed E-state index contributed by atoms with van der Waals surface area (Å²) in [6.07, 6.45) is 1.26. The lowest BCUT2D eigenvalue weighted by atomic mass is 10.2. The third-order valence-electron chi connectivity index (χ3n) is 3.08. The summed E-state index contributed by atoms with van der Waals surface area (Å²) in [4.78, 5) is 13.0. The minimum absolute atomic E-state index is 0.227. The van der Waals surface area contributed by atoms with Crippen LogP contribution in [0.4, 0.5) is 0 Å². The van der Waals surface area contributed by atoms with Crippen molar-refractivity contribution in [3.8, 4) is 5.75 Å². The summed E-state index contributed by atoms with van der Waals surface area (Å²) in [6.45, 7) is 5.23. The van der Waals surface area contributed by atoms with Gasteiger partial charge in [-0.1, -0.05) is 6.92 Å². The summed E-state index contributed by atoms with van der Waals surface area (Å²) >= 11 is 0. The number of hydrogen-bond acceptors (Lipinski definition) is 3. The van der Waals surface area contributed by atoms with E-state index in [0.717, 1.165) is 31.8 Å². The highest BCUT2D eigenvalue weighted by Crippen LogP contribution is 2.18. The largest absolute Gasteiger partial charge is 0.489 e. The Morgan fingerprint density at radius 2 is 2.18 bits per heavy atom. The molecule has 1 aliphatic rings. The minimum atomic E-state index is -0.908. The Labute approximate surface area is 101 Å². The first kappa shape index (κ1) is 11.9. The van der Waals surface area contributed by atoms with Gasteiger partial charge in [-0.05, 0) is 37.2 Å². The summed E-state index contributed by atoms with van der Waals surface area (Å²) in [5.41, 5.74) is 0.291. The minimum Gasteiger partial charge on any atom is -0.489 e. The molecule has 1 aliphatic heterocycles. The Morgan fingerprint density at radius 1 is 1.47 bits per heavy atom. The Kier molecular flexibility index (Phi) is 3.64. The Morgan fingerprint density at radius 3 is 2.71 bits per heavy atom. The molecule has 0 amide bonds. The van der Waals surface area contributed by atoms with Crippen LogP contribution in [0.15, 0.2) is 24.3 Å². The predicted molar refractivity (Wildman–Crippen MR) is 64.5 cm³/mol. The molecule has 2 rings (SSSR count). The molecule has 1 aromatic rings. The van der Waals surface area contributed by atoms with Crippen LogP contribution in [0.2, 0.25) is 0 Å². The molecule has 1 atom stereocenters. The molecule has 4 nitrogen and oxygen atoms in total. The van der Waals surface area contributed by atoms with Crippen LogP contribution in [0.3, 0.4) is 0 Å². The highest BCUT2D eigenvalue weighted by Gasteiger charge is 2.22. The van der Waals surface area contributed by atoms with E-state index in [-0.39, 0.29) is 6.10 Å². The maximum Gasteiger partial charge on any atom is 0.335 e. The number of carboxylic acid groups (broad SMARTS) is 1. The second kappa shape index (κ2) is 5.19. The van der Waals surface area contributed by atoms with E-state index in [2.05, 4.69) is 11.8 Å². The van der Waals surface area contributed by atoms with Gasteiger partial charge in [-0.15, -0.1) is 0 Å². The number of rotatable bonds is 4. The van der Waals surface area contributed by atoms with Gasteiger partial charge in [0.1, 0.15) is 11.9 Å². The molecule has 0 saturated carbocycles. The number of likely N-dealkylation sites (tertiary alicyclic amines) is 1. The van der Waals surface area contributed by atoms with Gasteiger partial charge in [0.05, 0.1) is 5.56 Å². The Hall–Kier alpha value is -1.55. The third kappa shape index (κ3) is 2.97. The Bertz CT molecular complexity index is 388. The van der Waals surface area contributed by atoms with Gasteiger partial charge in [-0.2, -0.15) is 0 Å². The first-order valence-corrected chi connectivity index (χ1v) is 5.91. The first-order valence-electron chi connectivity index (χ1n) is 5.91. The van der Waals surface area contributed by atoms with Crippen molar-refractivity contribution in [3.63, 3.8) is 0 Å². The van der Waals surface area contributed by atoms with Crippen LogP contribution in [0, 0.1) is 0 Å². The van der Waals surface area contributed by atoms with Gasteiger partial charge in [0.15, 0.2) is 0 Å². The smallest absolute Gasteiger partial charge is 0.335 e. The molecule has 92 valence electrons. The fourth-order valence-corrected chi connectivity index (χ4v) is 2.05. The van der Waals surface area contributed by atoms with E-state index < -0.39 is 5.97 Å². The predicted octanol–water partition coefficient (Wildman–Crippen LogP) is 1.86. The van der Waals surface area contributed by atoms with E-state index in [1.165, 1.54) is 0 Å². The van der Waals surface area contributed by atoms with Gasteiger partial charge in [0.25, 0.3) is 0 Å². The zero-order valence-corrected chi connectivity index (χ0v) is 9.93. The van der Waals surface area contributed by atoms with Crippen LogP contribution in [0.1, 0.15) is 23.7 Å². The molecule has 0 aliphatic carbocycles. The van der Waals surface area contributed by atoms with E-state index in [0.29, 0.717) is 5.56 Å². The quantitative estimate of drug-likeness (QED) is 0.865. The summed E-state index contributed by atoms with van der Waals surface area (Å²) in [6, 6.07) is 6.59. The number of ether oxygens (including phenoxy) is 1. The molecule has 1 N–H and O–H groups in total. The number of carbonyl (C=O) groups is 1. The van der Waals surface area contributed by atoms with Gasteiger partial charge in [0, 0.05) is 13.1 Å². The van der Waals surface area contributed by atoms with Crippen molar-refractivity contribution in [1.82, 2.24) is 4.90 Å². The summed E-state index contributed by atoms with van der Waals surface area (Å²) in [5.74, 6) is -0.160. The summed E-state index contributed by atoms with van der Waals surface area (Å²) in [5, 5.41) is 8.78. The van der Waals surface area contributed by atoms with E-state index in [4.69, 9.17) is 9.84 Å². The second-order valence-corrected chi connectivity index (χ2v) is 4.25. The zero-order chi connectivity index (χ0) is 12.3. The third-order valence-corrected chi connectivity index (χ3v) is 3.08. The molecule has 17 heavy (non-hydrogen) atoms. The van der Waals surface area contributed by atoms with Gasteiger partial charge in [0.2, 0.25) is 0 Å². The van der Waals surface area contributed by atoms with E-state index >= 15 is 0 Å². The standard InChI is InChI=1S/C13H17NO3/c1-2-14-8-7-12(9-14)17-11-5-3-10(4-6-11)13(15)16/h3-6,12H,2,7-9H2,1H3,(H,15,16). The van der Waals surface area contributed by atoms with Gasteiger partial charge >= 0.3 is 5.97 Å². The van der Waals surface area contributed by atoms with Gasteiger partial charge < -0.3 is 9.84 Å². The number of carboxylic acids is 1. The summed E-state index contributed by atoms with van der Waals surface area (Å²) < 4.78 is 5.81. The van der Waals surface area contributed by atoms with Crippen molar-refractivity contribution in [1.29, 1.82) is 0 Å². The van der Waals surface area contributed by atoms with E-state index in [9.17, 15) is 4.79 Å². The lowest BCUT2D eigenvalue weighted by Crippen LogP contribution is -2.24. The van der Waals surface area contributed by atoms with Crippen LogP contribution >= 0.6 is 0 Å². The topological polar surface area (TPSA) is 49.8 Å². The molecule has 0 radical (unpaired) electrons. The molecule has 1 saturated heterocycles. The highest BCUT2D eigenvalue weighted by molar-refractivity contribution is 5.87. The maximum atomic E-state index is 10.7. The van der Waals surface area contributed by atoms with Crippen molar-refractivity contribution >= 4 is 5.97 Å². The van der Waals surface area contributed by atoms with Crippen molar-refractivity contribution in [2.24, 2.45) is 0 Å². The van der Waals surface area contributed by atoms with Gasteiger partial charge in [-0.3, -0.25) is 4.90 Å². The van der Waals surface area contributed by atoms with Crippen LogP contribution in [0.5, 0.6) is 5.75 Å². The molecule has 1 heterocycles. The van der Waals surface area contributed by atoms with Crippen LogP contribution in [-0.2, 0) is 0 Å². The lowest BCUT2D eigenvalue weighted by molar-refractivity contribution is 0.0697. The number of nitrogens with zero attached hydrogens (tertiary/aromatic N) is 1. The van der Waals surface area contributed by atoms with E-state index in [1.807, 2.05) is 0 Å². The maximum absolute atomic E-state index is 10.7. The fourth-order valence-electron chi connectivity index (χ4n) is 2.05. The van der Waals surface area contributed by atoms with Crippen LogP contribution in [0.25, 0.3) is 0 Å². The van der Waals surface area contributed by atoms with Crippen LogP contribution in [-0.4, -0.2) is 41.7 Å². The lowest BCUT2D eigenvalue weighted by Gasteiger charge is -2.15. The highest BCUT2D eigenvalue weighted by atomic mass is 16.5. The number of hydrogen-bond donors (Lipinski definition) is 1. The van der Waals surface area contributed by atoms with Crippen molar-refractivity contribution < 1.29 is 14.6 Å². The average Bonchev–Trinajstić information content (AvgIpc) is 2.77. The normalized spacial score (nSPS) is 20.4. The second-order valence-electron chi connectivity index (χ2n) is 4.25.